The zero-order valence-electron chi connectivity index (χ0n) is 21.2. The first-order chi connectivity index (χ1) is 17.0. The molecule has 0 fully saturated rings. The summed E-state index contributed by atoms with van der Waals surface area (Å²) < 4.78 is 5.21. The summed E-state index contributed by atoms with van der Waals surface area (Å²) in [4.78, 5) is 38.7. The number of carbonyl (C=O) groups excluding carboxylic acids is 2. The molecule has 190 valence electrons. The summed E-state index contributed by atoms with van der Waals surface area (Å²) in [6.45, 7) is 9.25. The monoisotopic (exact) mass is 509 g/mol. The van der Waals surface area contributed by atoms with Gasteiger partial charge < -0.3 is 25.8 Å². The number of hydrogen-bond donors (Lipinski definition) is 4. The summed E-state index contributed by atoms with van der Waals surface area (Å²) in [5.41, 5.74) is 4.75. The van der Waals surface area contributed by atoms with E-state index in [1.807, 2.05) is 45.0 Å². The minimum atomic E-state index is -1.12. The van der Waals surface area contributed by atoms with Crippen molar-refractivity contribution in [1.82, 2.24) is 5.32 Å². The molecule has 4 N–H and O–H groups in total. The minimum Gasteiger partial charge on any atom is -0.497 e. The number of nitrogens with one attached hydrogen (secondary N) is 3. The molecule has 0 radical (unpaired) electrons. The molecule has 2 aromatic carbocycles. The van der Waals surface area contributed by atoms with Gasteiger partial charge in [-0.1, -0.05) is 31.5 Å². The number of aliphatic carboxylic acids is 1. The van der Waals surface area contributed by atoms with Gasteiger partial charge in [-0.3, -0.25) is 4.79 Å². The normalized spacial score (nSPS) is 11.6. The van der Waals surface area contributed by atoms with Crippen LogP contribution in [0.5, 0.6) is 5.75 Å². The van der Waals surface area contributed by atoms with E-state index in [-0.39, 0.29) is 16.5 Å². The zero-order valence-corrected chi connectivity index (χ0v) is 22.0. The van der Waals surface area contributed by atoms with Crippen molar-refractivity contribution in [2.45, 2.75) is 40.7 Å². The molecule has 0 aliphatic carbocycles. The Morgan fingerprint density at radius 1 is 0.944 bits per heavy atom. The SMILES string of the molecule is COc1ccc(-c2cc(NC(=O)Nc3c(C)cc(C)cc3C)c(C(=O)N[C@@H](C(=O)O)C(C)C)s2)cc1. The van der Waals surface area contributed by atoms with E-state index in [1.165, 1.54) is 11.3 Å². The number of hydrogen-bond acceptors (Lipinski definition) is 5. The van der Waals surface area contributed by atoms with Gasteiger partial charge in [0.2, 0.25) is 0 Å². The number of ether oxygens (including phenoxy) is 1. The first-order valence-corrected chi connectivity index (χ1v) is 12.3. The number of carbonyl (C=O) groups is 3. The van der Waals surface area contributed by atoms with Crippen LogP contribution in [0, 0.1) is 26.7 Å². The van der Waals surface area contributed by atoms with Crippen molar-refractivity contribution < 1.29 is 24.2 Å². The maximum Gasteiger partial charge on any atom is 0.326 e. The Morgan fingerprint density at radius 2 is 1.56 bits per heavy atom. The van der Waals surface area contributed by atoms with Crippen molar-refractivity contribution in [1.29, 1.82) is 0 Å². The van der Waals surface area contributed by atoms with Gasteiger partial charge in [0.05, 0.1) is 12.8 Å². The van der Waals surface area contributed by atoms with E-state index in [1.54, 1.807) is 39.2 Å². The summed E-state index contributed by atoms with van der Waals surface area (Å²) in [7, 11) is 1.58. The van der Waals surface area contributed by atoms with E-state index < -0.39 is 23.9 Å². The second kappa shape index (κ2) is 11.3. The number of urea groups is 1. The topological polar surface area (TPSA) is 117 Å². The fraction of sp³-hybridized carbons (Fsp3) is 0.296. The molecule has 1 aromatic heterocycles. The molecule has 0 saturated carbocycles. The molecule has 0 unspecified atom stereocenters. The Kier molecular flexibility index (Phi) is 8.37. The van der Waals surface area contributed by atoms with Crippen LogP contribution in [0.4, 0.5) is 16.2 Å². The predicted octanol–water partition coefficient (Wildman–Crippen LogP) is 5.83. The van der Waals surface area contributed by atoms with Gasteiger partial charge in [-0.25, -0.2) is 9.59 Å². The number of carboxylic acids is 1. The van der Waals surface area contributed by atoms with Crippen LogP contribution >= 0.6 is 11.3 Å². The van der Waals surface area contributed by atoms with Crippen LogP contribution in [-0.4, -0.2) is 36.2 Å². The van der Waals surface area contributed by atoms with Gasteiger partial charge in [0.25, 0.3) is 5.91 Å². The van der Waals surface area contributed by atoms with Crippen LogP contribution < -0.4 is 20.7 Å². The molecule has 1 atom stereocenters. The van der Waals surface area contributed by atoms with E-state index in [9.17, 15) is 19.5 Å². The highest BCUT2D eigenvalue weighted by molar-refractivity contribution is 7.18. The third kappa shape index (κ3) is 6.23. The van der Waals surface area contributed by atoms with E-state index >= 15 is 0 Å². The maximum atomic E-state index is 13.2. The lowest BCUT2D eigenvalue weighted by Crippen LogP contribution is -2.44. The summed E-state index contributed by atoms with van der Waals surface area (Å²) in [6, 6.07) is 11.4. The highest BCUT2D eigenvalue weighted by atomic mass is 32.1. The van der Waals surface area contributed by atoms with Gasteiger partial charge in [-0.2, -0.15) is 0 Å². The quantitative estimate of drug-likeness (QED) is 0.305. The molecule has 0 aliphatic rings. The van der Waals surface area contributed by atoms with Crippen molar-refractivity contribution in [3.63, 3.8) is 0 Å². The average molecular weight is 510 g/mol. The lowest BCUT2D eigenvalue weighted by atomic mass is 10.0. The van der Waals surface area contributed by atoms with Gasteiger partial charge in [0.15, 0.2) is 0 Å². The summed E-state index contributed by atoms with van der Waals surface area (Å²) >= 11 is 1.17. The van der Waals surface area contributed by atoms with Crippen LogP contribution in [0.25, 0.3) is 10.4 Å². The molecule has 9 heteroatoms. The lowest BCUT2D eigenvalue weighted by Gasteiger charge is -2.18. The van der Waals surface area contributed by atoms with Crippen LogP contribution in [0.3, 0.4) is 0 Å². The summed E-state index contributed by atoms with van der Waals surface area (Å²) in [5.74, 6) is -1.32. The molecule has 3 rings (SSSR count). The second-order valence-corrected chi connectivity index (χ2v) is 10.0. The van der Waals surface area contributed by atoms with Crippen LogP contribution in [0.15, 0.2) is 42.5 Å². The number of thiophene rings is 1. The number of rotatable bonds is 8. The largest absolute Gasteiger partial charge is 0.497 e. The molecule has 36 heavy (non-hydrogen) atoms. The third-order valence-electron chi connectivity index (χ3n) is 5.70. The molecule has 8 nitrogen and oxygen atoms in total. The molecule has 0 bridgehead atoms. The van der Waals surface area contributed by atoms with E-state index in [0.717, 1.165) is 27.1 Å². The number of carboxylic acid groups (broad SMARTS) is 1. The highest BCUT2D eigenvalue weighted by Crippen LogP contribution is 2.36. The van der Waals surface area contributed by atoms with Crippen LogP contribution in [-0.2, 0) is 4.79 Å². The van der Waals surface area contributed by atoms with E-state index in [2.05, 4.69) is 16.0 Å². The Balaban J connectivity index is 1.94. The Morgan fingerprint density at radius 3 is 2.08 bits per heavy atom. The average Bonchev–Trinajstić information content (AvgIpc) is 3.23. The van der Waals surface area contributed by atoms with Gasteiger partial charge in [0.1, 0.15) is 16.7 Å². The minimum absolute atomic E-state index is 0.209. The Hall–Kier alpha value is -3.85. The molecule has 1 heterocycles. The maximum absolute atomic E-state index is 13.2. The van der Waals surface area contributed by atoms with Gasteiger partial charge >= 0.3 is 12.0 Å². The van der Waals surface area contributed by atoms with Gasteiger partial charge in [0, 0.05) is 10.6 Å². The third-order valence-corrected chi connectivity index (χ3v) is 6.88. The van der Waals surface area contributed by atoms with E-state index in [4.69, 9.17) is 4.74 Å². The molecule has 0 saturated heterocycles. The second-order valence-electron chi connectivity index (χ2n) is 8.97. The van der Waals surface area contributed by atoms with Crippen LogP contribution in [0.1, 0.15) is 40.2 Å². The molecule has 3 amide bonds. The number of methoxy groups -OCH3 is 1. The van der Waals surface area contributed by atoms with Crippen LogP contribution in [0.2, 0.25) is 0 Å². The number of amides is 3. The molecular weight excluding hydrogens is 478 g/mol. The van der Waals surface area contributed by atoms with Gasteiger partial charge in [-0.05, 0) is 73.7 Å². The first kappa shape index (κ1) is 26.7. The molecule has 0 aliphatic heterocycles. The molecular formula is C27H31N3O5S. The Labute approximate surface area is 214 Å². The zero-order chi connectivity index (χ0) is 26.6. The molecule has 0 spiro atoms. The highest BCUT2D eigenvalue weighted by Gasteiger charge is 2.27. The van der Waals surface area contributed by atoms with E-state index in [0.29, 0.717) is 11.4 Å². The van der Waals surface area contributed by atoms with Crippen molar-refractivity contribution in [3.8, 4) is 16.2 Å². The number of aryl methyl sites for hydroxylation is 3. The summed E-state index contributed by atoms with van der Waals surface area (Å²) in [5, 5.41) is 17.8. The number of anilines is 2. The lowest BCUT2D eigenvalue weighted by molar-refractivity contribution is -0.140. The van der Waals surface area contributed by atoms with Crippen molar-refractivity contribution in [2.24, 2.45) is 5.92 Å². The fourth-order valence-corrected chi connectivity index (χ4v) is 4.94. The first-order valence-electron chi connectivity index (χ1n) is 11.5. The Bertz CT molecular complexity index is 1260. The number of benzene rings is 2. The van der Waals surface area contributed by atoms with Crippen molar-refractivity contribution in [2.75, 3.05) is 17.7 Å². The van der Waals surface area contributed by atoms with Crippen molar-refractivity contribution >= 4 is 40.6 Å². The fourth-order valence-electron chi connectivity index (χ4n) is 3.91. The van der Waals surface area contributed by atoms with Crippen molar-refractivity contribution in [3.05, 3.63) is 64.0 Å². The predicted molar refractivity (Wildman–Crippen MR) is 143 cm³/mol. The standard InChI is InChI=1S/C27H31N3O5S/c1-14(2)22(26(32)33)29-25(31)24-20(13-21(36-24)18-7-9-19(35-6)10-8-18)28-27(34)30-23-16(4)11-15(3)12-17(23)5/h7-14,22H,1-6H3,(H,29,31)(H,32,33)(H2,28,30,34)/t22-/m1/s1. The molecule has 3 aromatic rings. The summed E-state index contributed by atoms with van der Waals surface area (Å²) in [6.07, 6.45) is 0. The van der Waals surface area contributed by atoms with Gasteiger partial charge in [-0.15, -0.1) is 11.3 Å². The smallest absolute Gasteiger partial charge is 0.326 e.